The van der Waals surface area contributed by atoms with Crippen molar-refractivity contribution in [1.82, 2.24) is 24.3 Å². The first-order chi connectivity index (χ1) is 19.0. The first-order valence-electron chi connectivity index (χ1n) is 14.3. The number of amides is 3. The maximum absolute atomic E-state index is 12.8. The molecule has 4 rings (SSSR count). The van der Waals surface area contributed by atoms with Crippen LogP contribution in [0.15, 0.2) is 41.3 Å². The van der Waals surface area contributed by atoms with Crippen molar-refractivity contribution in [3.63, 3.8) is 0 Å². The lowest BCUT2D eigenvalue weighted by Crippen LogP contribution is -2.58. The van der Waals surface area contributed by atoms with E-state index in [-0.39, 0.29) is 17.8 Å². The predicted octanol–water partition coefficient (Wildman–Crippen LogP) is 1.98. The molecule has 1 saturated heterocycles. The van der Waals surface area contributed by atoms with Crippen molar-refractivity contribution >= 4 is 17.8 Å². The van der Waals surface area contributed by atoms with E-state index in [9.17, 15) is 14.4 Å². The molecule has 40 heavy (non-hydrogen) atoms. The van der Waals surface area contributed by atoms with E-state index < -0.39 is 11.2 Å². The van der Waals surface area contributed by atoms with E-state index in [1.807, 2.05) is 24.3 Å². The Bertz CT molecular complexity index is 1230. The van der Waals surface area contributed by atoms with E-state index >= 15 is 0 Å². The Labute approximate surface area is 236 Å². The molecule has 2 aliphatic rings. The van der Waals surface area contributed by atoms with Crippen LogP contribution in [-0.2, 0) is 11.3 Å². The van der Waals surface area contributed by atoms with Gasteiger partial charge in [0, 0.05) is 51.0 Å². The van der Waals surface area contributed by atoms with Gasteiger partial charge in [0.1, 0.15) is 5.82 Å². The number of nitrogens with zero attached hydrogens (tertiary/aromatic N) is 5. The zero-order chi connectivity index (χ0) is 29.0. The zero-order valence-electron chi connectivity index (χ0n) is 24.2. The van der Waals surface area contributed by atoms with Gasteiger partial charge in [-0.05, 0) is 69.3 Å². The van der Waals surface area contributed by atoms with Crippen molar-refractivity contribution in [3.8, 4) is 5.69 Å². The lowest BCUT2D eigenvalue weighted by Gasteiger charge is -2.38. The summed E-state index contributed by atoms with van der Waals surface area (Å²) in [5, 5.41) is 2.70. The molecule has 11 nitrogen and oxygen atoms in total. The van der Waals surface area contributed by atoms with Crippen molar-refractivity contribution in [3.05, 3.63) is 52.6 Å². The van der Waals surface area contributed by atoms with Crippen LogP contribution >= 0.6 is 0 Å². The summed E-state index contributed by atoms with van der Waals surface area (Å²) in [7, 11) is 0. The molecule has 1 aliphatic heterocycles. The molecule has 2 fully saturated rings. The molecule has 0 radical (unpaired) electrons. The summed E-state index contributed by atoms with van der Waals surface area (Å²) >= 11 is 0. The SMILES string of the molecule is CCN(Cc1ccc(-n2ccc(NC(=O)N3CCN(C(=O)C(C)(C)N)CC3)nc2=O)cc1)[C@H]1CC[C@H](N)C(C)C1. The van der Waals surface area contributed by atoms with E-state index in [4.69, 9.17) is 11.5 Å². The van der Waals surface area contributed by atoms with Gasteiger partial charge in [-0.3, -0.25) is 19.6 Å². The number of hydrogen-bond acceptors (Lipinski definition) is 7. The van der Waals surface area contributed by atoms with Crippen LogP contribution in [0.3, 0.4) is 0 Å². The average molecular weight is 553 g/mol. The summed E-state index contributed by atoms with van der Waals surface area (Å²) in [5.41, 5.74) is 12.6. The van der Waals surface area contributed by atoms with Gasteiger partial charge in [-0.1, -0.05) is 26.0 Å². The van der Waals surface area contributed by atoms with Crippen molar-refractivity contribution in [2.75, 3.05) is 38.0 Å². The second-order valence-corrected chi connectivity index (χ2v) is 11.7. The minimum Gasteiger partial charge on any atom is -0.338 e. The van der Waals surface area contributed by atoms with Crippen molar-refractivity contribution in [2.24, 2.45) is 17.4 Å². The second kappa shape index (κ2) is 12.5. The minimum atomic E-state index is -0.947. The number of carbonyl (C=O) groups excluding carboxylic acids is 2. The molecule has 0 bridgehead atoms. The van der Waals surface area contributed by atoms with Gasteiger partial charge in [0.2, 0.25) is 5.91 Å². The highest BCUT2D eigenvalue weighted by atomic mass is 16.2. The molecule has 5 N–H and O–H groups in total. The van der Waals surface area contributed by atoms with Crippen molar-refractivity contribution in [2.45, 2.75) is 71.1 Å². The highest BCUT2D eigenvalue weighted by Gasteiger charge is 2.31. The van der Waals surface area contributed by atoms with Crippen molar-refractivity contribution in [1.29, 1.82) is 0 Å². The number of anilines is 1. The van der Waals surface area contributed by atoms with Gasteiger partial charge < -0.3 is 21.3 Å². The van der Waals surface area contributed by atoms with Gasteiger partial charge in [0.15, 0.2) is 0 Å². The third-order valence-corrected chi connectivity index (χ3v) is 8.17. The van der Waals surface area contributed by atoms with Crippen LogP contribution in [0.2, 0.25) is 0 Å². The Hall–Kier alpha value is -3.28. The third kappa shape index (κ3) is 7.07. The fourth-order valence-electron chi connectivity index (χ4n) is 5.60. The standard InChI is InChI=1S/C29H44N8O3/c1-5-34(23-10-11-24(30)20(2)18-23)19-21-6-8-22(9-7-21)37-13-12-25(33-28(37)40)32-27(39)36-16-14-35(15-17-36)26(38)29(3,4)31/h6-9,12-13,20,23-24H,5,10-11,14-19,30-31H2,1-4H3,(H,32,33,39,40)/t20?,23-,24-/m0/s1. The Morgan fingerprint density at radius 3 is 2.30 bits per heavy atom. The topological polar surface area (TPSA) is 143 Å². The lowest BCUT2D eigenvalue weighted by atomic mass is 9.82. The Balaban J connectivity index is 1.33. The lowest BCUT2D eigenvalue weighted by molar-refractivity contribution is -0.137. The number of carbonyl (C=O) groups is 2. The number of hydrogen-bond donors (Lipinski definition) is 3. The maximum atomic E-state index is 12.8. The molecule has 1 saturated carbocycles. The van der Waals surface area contributed by atoms with Gasteiger partial charge in [0.05, 0.1) is 11.2 Å². The fourth-order valence-corrected chi connectivity index (χ4v) is 5.60. The van der Waals surface area contributed by atoms with Crippen LogP contribution in [0.4, 0.5) is 10.6 Å². The summed E-state index contributed by atoms with van der Waals surface area (Å²) in [4.78, 5) is 47.7. The van der Waals surface area contributed by atoms with Gasteiger partial charge in [-0.25, -0.2) is 9.59 Å². The Morgan fingerprint density at radius 2 is 1.73 bits per heavy atom. The van der Waals surface area contributed by atoms with Crippen LogP contribution < -0.4 is 22.5 Å². The summed E-state index contributed by atoms with van der Waals surface area (Å²) in [5.74, 6) is 0.578. The number of nitrogens with one attached hydrogen (secondary N) is 1. The number of nitrogens with two attached hydrogens (primary N) is 2. The first kappa shape index (κ1) is 29.7. The van der Waals surface area contributed by atoms with Gasteiger partial charge in [-0.15, -0.1) is 0 Å². The smallest absolute Gasteiger partial charge is 0.338 e. The zero-order valence-corrected chi connectivity index (χ0v) is 24.2. The van der Waals surface area contributed by atoms with Crippen LogP contribution in [0, 0.1) is 5.92 Å². The van der Waals surface area contributed by atoms with Gasteiger partial charge in [-0.2, -0.15) is 4.98 Å². The molecule has 3 atom stereocenters. The summed E-state index contributed by atoms with van der Waals surface area (Å²) in [6.07, 6.45) is 4.94. The van der Waals surface area contributed by atoms with Crippen LogP contribution in [0.25, 0.3) is 5.69 Å². The molecular weight excluding hydrogens is 508 g/mol. The molecule has 1 aliphatic carbocycles. The van der Waals surface area contributed by atoms with E-state index in [0.717, 1.165) is 32.4 Å². The second-order valence-electron chi connectivity index (χ2n) is 11.7. The molecule has 1 aromatic heterocycles. The first-order valence-corrected chi connectivity index (χ1v) is 14.3. The fraction of sp³-hybridized carbons (Fsp3) is 0.586. The van der Waals surface area contributed by atoms with E-state index in [1.165, 1.54) is 10.1 Å². The third-order valence-electron chi connectivity index (χ3n) is 8.17. The summed E-state index contributed by atoms with van der Waals surface area (Å²) in [6.45, 7) is 11.2. The molecule has 11 heteroatoms. The number of rotatable bonds is 7. The number of aromatic nitrogens is 2. The van der Waals surface area contributed by atoms with E-state index in [1.54, 1.807) is 35.9 Å². The summed E-state index contributed by atoms with van der Waals surface area (Å²) in [6, 6.07) is 10.0. The average Bonchev–Trinajstić information content (AvgIpc) is 2.93. The molecule has 218 valence electrons. The van der Waals surface area contributed by atoms with Crippen LogP contribution in [0.1, 0.15) is 52.5 Å². The van der Waals surface area contributed by atoms with E-state index in [0.29, 0.717) is 49.9 Å². The highest BCUT2D eigenvalue weighted by molar-refractivity contribution is 5.89. The molecule has 2 heterocycles. The van der Waals surface area contributed by atoms with Crippen LogP contribution in [0.5, 0.6) is 0 Å². The molecular formula is C29H44N8O3. The Kier molecular flexibility index (Phi) is 9.27. The Morgan fingerprint density at radius 1 is 1.07 bits per heavy atom. The largest absolute Gasteiger partial charge is 0.354 e. The van der Waals surface area contributed by atoms with Crippen molar-refractivity contribution < 1.29 is 9.59 Å². The molecule has 2 aromatic rings. The number of benzene rings is 1. The molecule has 1 unspecified atom stereocenters. The van der Waals surface area contributed by atoms with Gasteiger partial charge >= 0.3 is 11.7 Å². The number of urea groups is 1. The number of piperazine rings is 1. The monoisotopic (exact) mass is 552 g/mol. The van der Waals surface area contributed by atoms with E-state index in [2.05, 4.69) is 29.0 Å². The quantitative estimate of drug-likeness (QED) is 0.477. The maximum Gasteiger partial charge on any atom is 0.354 e. The summed E-state index contributed by atoms with van der Waals surface area (Å²) < 4.78 is 1.46. The molecule has 1 aromatic carbocycles. The normalized spacial score (nSPS) is 21.9. The van der Waals surface area contributed by atoms with Gasteiger partial charge in [0.25, 0.3) is 0 Å². The molecule has 0 spiro atoms. The minimum absolute atomic E-state index is 0.141. The predicted molar refractivity (Wildman–Crippen MR) is 156 cm³/mol. The molecule has 3 amide bonds. The highest BCUT2D eigenvalue weighted by Crippen LogP contribution is 2.28. The van der Waals surface area contributed by atoms with Crippen LogP contribution in [-0.4, -0.2) is 86.5 Å².